The second-order valence-electron chi connectivity index (χ2n) is 5.67. The van der Waals surface area contributed by atoms with Crippen LogP contribution in [0.25, 0.3) is 0 Å². The molecule has 1 aromatic heterocycles. The monoisotopic (exact) mass is 247 g/mol. The molecular weight excluding hydrogens is 222 g/mol. The van der Waals surface area contributed by atoms with E-state index < -0.39 is 0 Å². The molecule has 0 saturated heterocycles. The maximum Gasteiger partial charge on any atom is 0.142 e. The molecule has 0 aromatic carbocycles. The summed E-state index contributed by atoms with van der Waals surface area (Å²) in [6.07, 6.45) is 3.33. The molecule has 2 heteroatoms. The Morgan fingerprint density at radius 3 is 2.17 bits per heavy atom. The SMILES string of the molecule is CCc1ccc(CC(=O)C(C(C)C)C(C)C)nc1. The lowest BCUT2D eigenvalue weighted by atomic mass is 9.81. The van der Waals surface area contributed by atoms with Crippen LogP contribution in [0.5, 0.6) is 0 Å². The minimum atomic E-state index is 0.137. The van der Waals surface area contributed by atoms with Gasteiger partial charge in [0.15, 0.2) is 0 Å². The standard InChI is InChI=1S/C16H25NO/c1-6-13-7-8-14(17-10-13)9-15(18)16(11(2)3)12(4)5/h7-8,10-12,16H,6,9H2,1-5H3. The largest absolute Gasteiger partial charge is 0.299 e. The van der Waals surface area contributed by atoms with E-state index in [1.165, 1.54) is 5.56 Å². The van der Waals surface area contributed by atoms with Gasteiger partial charge in [0.25, 0.3) is 0 Å². The highest BCUT2D eigenvalue weighted by atomic mass is 16.1. The summed E-state index contributed by atoms with van der Waals surface area (Å²) in [5, 5.41) is 0. The van der Waals surface area contributed by atoms with E-state index in [1.54, 1.807) is 0 Å². The predicted molar refractivity (Wildman–Crippen MR) is 75.5 cm³/mol. The molecule has 0 N–H and O–H groups in total. The van der Waals surface area contributed by atoms with Crippen LogP contribution in [0.15, 0.2) is 18.3 Å². The number of aryl methyl sites for hydroxylation is 1. The van der Waals surface area contributed by atoms with Gasteiger partial charge in [0, 0.05) is 24.2 Å². The number of carbonyl (C=O) groups excluding carboxylic acids is 1. The molecule has 0 bridgehead atoms. The lowest BCUT2D eigenvalue weighted by Gasteiger charge is -2.23. The summed E-state index contributed by atoms with van der Waals surface area (Å²) in [5.74, 6) is 1.24. The molecule has 0 spiro atoms. The van der Waals surface area contributed by atoms with Crippen LogP contribution < -0.4 is 0 Å². The van der Waals surface area contributed by atoms with Gasteiger partial charge < -0.3 is 0 Å². The number of hydrogen-bond donors (Lipinski definition) is 0. The first-order chi connectivity index (χ1) is 8.45. The normalized spacial score (nSPS) is 11.6. The van der Waals surface area contributed by atoms with E-state index in [1.807, 2.05) is 12.3 Å². The van der Waals surface area contributed by atoms with Gasteiger partial charge in [0.2, 0.25) is 0 Å². The molecule has 0 saturated carbocycles. The number of Topliss-reactive ketones (excluding diaryl/α,β-unsaturated/α-hetero) is 1. The van der Waals surface area contributed by atoms with E-state index in [0.29, 0.717) is 24.0 Å². The fourth-order valence-corrected chi connectivity index (χ4v) is 2.58. The second-order valence-corrected chi connectivity index (χ2v) is 5.67. The topological polar surface area (TPSA) is 30.0 Å². The van der Waals surface area contributed by atoms with Gasteiger partial charge in [-0.25, -0.2) is 0 Å². The van der Waals surface area contributed by atoms with Crippen molar-refractivity contribution in [1.82, 2.24) is 4.98 Å². The van der Waals surface area contributed by atoms with Crippen molar-refractivity contribution >= 4 is 5.78 Å². The Labute approximate surface area is 111 Å². The zero-order valence-electron chi connectivity index (χ0n) is 12.2. The van der Waals surface area contributed by atoms with Gasteiger partial charge in [0.1, 0.15) is 5.78 Å². The van der Waals surface area contributed by atoms with E-state index in [0.717, 1.165) is 12.1 Å². The number of aromatic nitrogens is 1. The number of carbonyl (C=O) groups is 1. The first-order valence-electron chi connectivity index (χ1n) is 6.92. The van der Waals surface area contributed by atoms with E-state index in [9.17, 15) is 4.79 Å². The molecule has 0 aliphatic carbocycles. The Hall–Kier alpha value is -1.18. The molecule has 0 fully saturated rings. The van der Waals surface area contributed by atoms with Crippen LogP contribution in [0.2, 0.25) is 0 Å². The van der Waals surface area contributed by atoms with Crippen LogP contribution in [0, 0.1) is 17.8 Å². The molecule has 0 amide bonds. The molecular formula is C16H25NO. The number of nitrogens with zero attached hydrogens (tertiary/aromatic N) is 1. The maximum atomic E-state index is 12.3. The molecule has 2 nitrogen and oxygen atoms in total. The van der Waals surface area contributed by atoms with Crippen molar-refractivity contribution in [3.05, 3.63) is 29.6 Å². The molecule has 0 unspecified atom stereocenters. The van der Waals surface area contributed by atoms with E-state index in [2.05, 4.69) is 45.7 Å². The molecule has 1 heterocycles. The third kappa shape index (κ3) is 3.94. The van der Waals surface area contributed by atoms with Crippen molar-refractivity contribution in [2.75, 3.05) is 0 Å². The Balaban J connectivity index is 2.73. The fraction of sp³-hybridized carbons (Fsp3) is 0.625. The third-order valence-corrected chi connectivity index (χ3v) is 3.46. The summed E-state index contributed by atoms with van der Waals surface area (Å²) < 4.78 is 0. The highest BCUT2D eigenvalue weighted by Crippen LogP contribution is 2.22. The summed E-state index contributed by atoms with van der Waals surface area (Å²) in [6.45, 7) is 10.6. The van der Waals surface area contributed by atoms with Crippen molar-refractivity contribution in [2.45, 2.75) is 47.5 Å². The van der Waals surface area contributed by atoms with E-state index in [-0.39, 0.29) is 5.92 Å². The minimum Gasteiger partial charge on any atom is -0.299 e. The quantitative estimate of drug-likeness (QED) is 0.767. The van der Waals surface area contributed by atoms with Crippen molar-refractivity contribution in [2.24, 2.45) is 17.8 Å². The van der Waals surface area contributed by atoms with Crippen molar-refractivity contribution in [1.29, 1.82) is 0 Å². The average molecular weight is 247 g/mol. The van der Waals surface area contributed by atoms with Gasteiger partial charge in [-0.15, -0.1) is 0 Å². The van der Waals surface area contributed by atoms with Crippen LogP contribution in [-0.4, -0.2) is 10.8 Å². The first kappa shape index (κ1) is 14.9. The zero-order valence-corrected chi connectivity index (χ0v) is 12.2. The Morgan fingerprint density at radius 2 is 1.78 bits per heavy atom. The van der Waals surface area contributed by atoms with Gasteiger partial charge in [-0.1, -0.05) is 40.7 Å². The Morgan fingerprint density at radius 1 is 1.17 bits per heavy atom. The summed E-state index contributed by atoms with van der Waals surface area (Å²) in [5.41, 5.74) is 2.11. The molecule has 18 heavy (non-hydrogen) atoms. The lowest BCUT2D eigenvalue weighted by Crippen LogP contribution is -2.27. The third-order valence-electron chi connectivity index (χ3n) is 3.46. The Kier molecular flexibility index (Phi) is 5.52. The number of ketones is 1. The highest BCUT2D eigenvalue weighted by Gasteiger charge is 2.25. The number of hydrogen-bond acceptors (Lipinski definition) is 2. The second kappa shape index (κ2) is 6.67. The van der Waals surface area contributed by atoms with Gasteiger partial charge in [-0.05, 0) is 29.9 Å². The number of pyridine rings is 1. The fourth-order valence-electron chi connectivity index (χ4n) is 2.58. The van der Waals surface area contributed by atoms with Crippen LogP contribution in [-0.2, 0) is 17.6 Å². The predicted octanol–water partition coefficient (Wildman–Crippen LogP) is 3.68. The Bertz CT molecular complexity index is 371. The maximum absolute atomic E-state index is 12.3. The molecule has 0 aliphatic rings. The van der Waals surface area contributed by atoms with Gasteiger partial charge in [-0.3, -0.25) is 9.78 Å². The highest BCUT2D eigenvalue weighted by molar-refractivity contribution is 5.83. The van der Waals surface area contributed by atoms with Gasteiger partial charge in [-0.2, -0.15) is 0 Å². The minimum absolute atomic E-state index is 0.137. The van der Waals surface area contributed by atoms with Gasteiger partial charge in [0.05, 0.1) is 0 Å². The van der Waals surface area contributed by atoms with E-state index >= 15 is 0 Å². The summed E-state index contributed by atoms with van der Waals surface area (Å²) in [6, 6.07) is 4.05. The molecule has 0 atom stereocenters. The van der Waals surface area contributed by atoms with Crippen LogP contribution in [0.3, 0.4) is 0 Å². The molecule has 100 valence electrons. The molecule has 1 rings (SSSR count). The van der Waals surface area contributed by atoms with Gasteiger partial charge >= 0.3 is 0 Å². The summed E-state index contributed by atoms with van der Waals surface area (Å²) in [4.78, 5) is 16.7. The number of rotatable bonds is 6. The smallest absolute Gasteiger partial charge is 0.142 e. The molecule has 1 aromatic rings. The van der Waals surface area contributed by atoms with Crippen LogP contribution in [0.4, 0.5) is 0 Å². The van der Waals surface area contributed by atoms with Crippen LogP contribution >= 0.6 is 0 Å². The summed E-state index contributed by atoms with van der Waals surface area (Å²) >= 11 is 0. The zero-order chi connectivity index (χ0) is 13.7. The first-order valence-corrected chi connectivity index (χ1v) is 6.92. The van der Waals surface area contributed by atoms with Crippen molar-refractivity contribution in [3.63, 3.8) is 0 Å². The summed E-state index contributed by atoms with van der Waals surface area (Å²) in [7, 11) is 0. The van der Waals surface area contributed by atoms with Crippen molar-refractivity contribution in [3.8, 4) is 0 Å². The lowest BCUT2D eigenvalue weighted by molar-refractivity contribution is -0.125. The molecule has 0 aliphatic heterocycles. The van der Waals surface area contributed by atoms with Crippen molar-refractivity contribution < 1.29 is 4.79 Å². The van der Waals surface area contributed by atoms with E-state index in [4.69, 9.17) is 0 Å². The average Bonchev–Trinajstić information content (AvgIpc) is 2.28. The van der Waals surface area contributed by atoms with Crippen LogP contribution in [0.1, 0.15) is 45.9 Å². The molecule has 0 radical (unpaired) electrons.